The topological polar surface area (TPSA) is 72.6 Å². The molecule has 0 bridgehead atoms. The fraction of sp³-hybridized carbons (Fsp3) is 0.333. The van der Waals surface area contributed by atoms with E-state index < -0.39 is 0 Å². The molecule has 5 rings (SSSR count). The molecule has 0 spiro atoms. The van der Waals surface area contributed by atoms with Gasteiger partial charge in [0.15, 0.2) is 0 Å². The molecule has 1 amide bonds. The number of halogens is 1. The molecule has 3 aromatic rings. The lowest BCUT2D eigenvalue weighted by molar-refractivity contribution is -0.123. The molecule has 1 aromatic heterocycles. The van der Waals surface area contributed by atoms with Gasteiger partial charge in [-0.05, 0) is 49.6 Å². The van der Waals surface area contributed by atoms with Crippen LogP contribution in [-0.2, 0) is 11.3 Å². The van der Waals surface area contributed by atoms with E-state index in [0.29, 0.717) is 64.6 Å². The minimum Gasteiger partial charge on any atom is -0.366 e. The largest absolute Gasteiger partial charge is 0.366 e. The summed E-state index contributed by atoms with van der Waals surface area (Å²) in [6.07, 6.45) is 3.42. The standard InChI is InChI=1S/C33H34FN5O2S2/c1-4-5-15-38-30(37-18-16-36(17-19-37)28-14-10-9-13-27(28)34)25(22(2)26(21-35)31(38)40)20-29-32(41)39(33(42)43-29)23(3)24-11-7-6-8-12-24/h6-14,20,23H,4-5,15-19H2,1-3H3. The lowest BCUT2D eigenvalue weighted by Gasteiger charge is -2.39. The first-order valence-corrected chi connectivity index (χ1v) is 15.7. The molecule has 3 heterocycles. The third-order valence-corrected chi connectivity index (χ3v) is 9.45. The highest BCUT2D eigenvalue weighted by Crippen LogP contribution is 2.40. The molecular weight excluding hydrogens is 582 g/mol. The summed E-state index contributed by atoms with van der Waals surface area (Å²) in [5.74, 6) is 0.216. The van der Waals surface area contributed by atoms with Crippen molar-refractivity contribution < 1.29 is 9.18 Å². The fourth-order valence-electron chi connectivity index (χ4n) is 5.70. The number of thiocarbonyl (C=S) groups is 1. The Labute approximate surface area is 261 Å². The van der Waals surface area contributed by atoms with Gasteiger partial charge in [0.25, 0.3) is 11.5 Å². The first-order chi connectivity index (χ1) is 20.8. The van der Waals surface area contributed by atoms with Gasteiger partial charge in [-0.1, -0.05) is 79.8 Å². The maximum Gasteiger partial charge on any atom is 0.270 e. The highest BCUT2D eigenvalue weighted by atomic mass is 32.2. The number of thioether (sulfide) groups is 1. The maximum atomic E-state index is 14.6. The van der Waals surface area contributed by atoms with E-state index in [9.17, 15) is 19.2 Å². The Balaban J connectivity index is 1.57. The average Bonchev–Trinajstić information content (AvgIpc) is 3.30. The first kappa shape index (κ1) is 30.5. The monoisotopic (exact) mass is 615 g/mol. The van der Waals surface area contributed by atoms with Crippen LogP contribution in [0.3, 0.4) is 0 Å². The Morgan fingerprint density at radius 2 is 1.70 bits per heavy atom. The third-order valence-electron chi connectivity index (χ3n) is 8.12. The van der Waals surface area contributed by atoms with Gasteiger partial charge in [0.2, 0.25) is 0 Å². The number of amides is 1. The van der Waals surface area contributed by atoms with Gasteiger partial charge >= 0.3 is 0 Å². The SMILES string of the molecule is CCCCn1c(N2CCN(c3ccccc3F)CC2)c(C=C2SC(=S)N(C(C)c3ccccc3)C2=O)c(C)c(C#N)c1=O. The minimum absolute atomic E-state index is 0.0734. The summed E-state index contributed by atoms with van der Waals surface area (Å²) in [5.41, 5.74) is 2.47. The highest BCUT2D eigenvalue weighted by Gasteiger charge is 2.37. The number of benzene rings is 2. The predicted molar refractivity (Wildman–Crippen MR) is 176 cm³/mol. The summed E-state index contributed by atoms with van der Waals surface area (Å²) in [6, 6.07) is 18.3. The number of carbonyl (C=O) groups excluding carboxylic acids is 1. The molecule has 2 aliphatic rings. The smallest absolute Gasteiger partial charge is 0.270 e. The molecule has 43 heavy (non-hydrogen) atoms. The second-order valence-corrected chi connectivity index (χ2v) is 12.4. The van der Waals surface area contributed by atoms with E-state index in [1.165, 1.54) is 17.8 Å². The molecule has 1 atom stereocenters. The molecule has 0 radical (unpaired) electrons. The Bertz CT molecular complexity index is 1670. The molecule has 2 aliphatic heterocycles. The average molecular weight is 616 g/mol. The predicted octanol–water partition coefficient (Wildman–Crippen LogP) is 6.26. The van der Waals surface area contributed by atoms with Crippen LogP contribution < -0.4 is 15.4 Å². The molecule has 0 aliphatic carbocycles. The van der Waals surface area contributed by atoms with Gasteiger partial charge in [-0.3, -0.25) is 19.1 Å². The Hall–Kier alpha value is -3.94. The summed E-state index contributed by atoms with van der Waals surface area (Å²) in [6.45, 7) is 8.40. The Morgan fingerprint density at radius 3 is 2.35 bits per heavy atom. The van der Waals surface area contributed by atoms with Crippen molar-refractivity contribution in [1.82, 2.24) is 9.47 Å². The summed E-state index contributed by atoms with van der Waals surface area (Å²) in [7, 11) is 0. The molecule has 2 aromatic carbocycles. The van der Waals surface area contributed by atoms with Crippen LogP contribution in [0.25, 0.3) is 6.08 Å². The van der Waals surface area contributed by atoms with Crippen LogP contribution in [0.2, 0.25) is 0 Å². The lowest BCUT2D eigenvalue weighted by Crippen LogP contribution is -2.49. The number of unbranched alkanes of at least 4 members (excludes halogenated alkanes) is 1. The van der Waals surface area contributed by atoms with Crippen LogP contribution >= 0.6 is 24.0 Å². The van der Waals surface area contributed by atoms with Gasteiger partial charge < -0.3 is 9.80 Å². The highest BCUT2D eigenvalue weighted by molar-refractivity contribution is 8.26. The molecule has 10 heteroatoms. The Kier molecular flexibility index (Phi) is 9.33. The molecule has 2 saturated heterocycles. The van der Waals surface area contributed by atoms with Crippen molar-refractivity contribution in [3.05, 3.63) is 97.9 Å². The second-order valence-electron chi connectivity index (χ2n) is 10.7. The number of aromatic nitrogens is 1. The van der Waals surface area contributed by atoms with Gasteiger partial charge in [0.05, 0.1) is 16.6 Å². The maximum absolute atomic E-state index is 14.6. The summed E-state index contributed by atoms with van der Waals surface area (Å²) in [5, 5.41) is 10.0. The van der Waals surface area contributed by atoms with Crippen LogP contribution in [-0.4, -0.2) is 45.9 Å². The number of hydrogen-bond donors (Lipinski definition) is 0. The zero-order valence-corrected chi connectivity index (χ0v) is 26.2. The number of nitriles is 1. The van der Waals surface area contributed by atoms with E-state index in [4.69, 9.17) is 12.2 Å². The third kappa shape index (κ3) is 5.97. The number of para-hydroxylation sites is 1. The number of piperazine rings is 1. The van der Waals surface area contributed by atoms with Crippen LogP contribution in [0.1, 0.15) is 55.0 Å². The molecular formula is C33H34FN5O2S2. The van der Waals surface area contributed by atoms with Crippen LogP contribution in [0.5, 0.6) is 0 Å². The fourth-order valence-corrected chi connectivity index (χ4v) is 7.10. The van der Waals surface area contributed by atoms with Crippen molar-refractivity contribution >= 4 is 51.8 Å². The zero-order chi connectivity index (χ0) is 30.7. The molecule has 222 valence electrons. The summed E-state index contributed by atoms with van der Waals surface area (Å²) >= 11 is 6.91. The molecule has 2 fully saturated rings. The summed E-state index contributed by atoms with van der Waals surface area (Å²) < 4.78 is 16.7. The van der Waals surface area contributed by atoms with Crippen molar-refractivity contribution in [2.24, 2.45) is 0 Å². The number of carbonyl (C=O) groups is 1. The van der Waals surface area contributed by atoms with E-state index in [2.05, 4.69) is 17.9 Å². The van der Waals surface area contributed by atoms with E-state index in [1.54, 1.807) is 34.6 Å². The number of nitrogens with zero attached hydrogens (tertiary/aromatic N) is 5. The zero-order valence-electron chi connectivity index (χ0n) is 24.5. The quantitative estimate of drug-likeness (QED) is 0.219. The van der Waals surface area contributed by atoms with E-state index in [1.807, 2.05) is 48.2 Å². The van der Waals surface area contributed by atoms with Crippen molar-refractivity contribution in [1.29, 1.82) is 5.26 Å². The number of pyridine rings is 1. The summed E-state index contributed by atoms with van der Waals surface area (Å²) in [4.78, 5) is 33.7. The molecule has 7 nitrogen and oxygen atoms in total. The van der Waals surface area contributed by atoms with E-state index in [-0.39, 0.29) is 28.9 Å². The second kappa shape index (κ2) is 13.1. The van der Waals surface area contributed by atoms with Crippen molar-refractivity contribution in [2.45, 2.75) is 46.2 Å². The molecule has 0 saturated carbocycles. The van der Waals surface area contributed by atoms with Gasteiger partial charge in [0, 0.05) is 38.3 Å². The van der Waals surface area contributed by atoms with Gasteiger partial charge in [-0.15, -0.1) is 0 Å². The van der Waals surface area contributed by atoms with Crippen molar-refractivity contribution in [3.8, 4) is 6.07 Å². The lowest BCUT2D eigenvalue weighted by atomic mass is 10.0. The first-order valence-electron chi connectivity index (χ1n) is 14.5. The van der Waals surface area contributed by atoms with Crippen LogP contribution in [0.4, 0.5) is 15.9 Å². The van der Waals surface area contributed by atoms with Gasteiger partial charge in [-0.2, -0.15) is 5.26 Å². The van der Waals surface area contributed by atoms with Crippen molar-refractivity contribution in [2.75, 3.05) is 36.0 Å². The number of anilines is 2. The Morgan fingerprint density at radius 1 is 1.05 bits per heavy atom. The van der Waals surface area contributed by atoms with E-state index in [0.717, 1.165) is 18.4 Å². The number of hydrogen-bond acceptors (Lipinski definition) is 7. The molecule has 1 unspecified atom stereocenters. The van der Waals surface area contributed by atoms with Crippen LogP contribution in [0.15, 0.2) is 64.3 Å². The van der Waals surface area contributed by atoms with Gasteiger partial charge in [-0.25, -0.2) is 4.39 Å². The molecule has 0 N–H and O–H groups in total. The minimum atomic E-state index is -0.331. The van der Waals surface area contributed by atoms with Crippen LogP contribution in [0, 0.1) is 24.1 Å². The van der Waals surface area contributed by atoms with Crippen molar-refractivity contribution in [3.63, 3.8) is 0 Å². The number of rotatable bonds is 8. The van der Waals surface area contributed by atoms with Gasteiger partial charge in [0.1, 0.15) is 27.6 Å². The van der Waals surface area contributed by atoms with E-state index >= 15 is 0 Å². The normalized spacial score (nSPS) is 17.1.